The van der Waals surface area contributed by atoms with E-state index < -0.39 is 0 Å². The lowest BCUT2D eigenvalue weighted by atomic mass is 10.1. The molecule has 0 spiro atoms. The summed E-state index contributed by atoms with van der Waals surface area (Å²) < 4.78 is 0. The van der Waals surface area contributed by atoms with Crippen molar-refractivity contribution in [2.45, 2.75) is 13.0 Å². The average molecular weight is 109 g/mol. The topological polar surface area (TPSA) is 26.0 Å². The molecule has 1 atom stereocenters. The van der Waals surface area contributed by atoms with Gasteiger partial charge in [0.15, 0.2) is 0 Å². The minimum absolute atomic E-state index is 0.269. The van der Waals surface area contributed by atoms with Crippen LogP contribution in [-0.4, -0.2) is 6.04 Å². The van der Waals surface area contributed by atoms with Gasteiger partial charge in [-0.05, 0) is 6.92 Å². The van der Waals surface area contributed by atoms with E-state index >= 15 is 0 Å². The Hall–Kier alpha value is -0.560. The highest BCUT2D eigenvalue weighted by Gasteiger charge is 2.06. The van der Waals surface area contributed by atoms with Crippen molar-refractivity contribution in [1.82, 2.24) is 0 Å². The molecule has 0 heterocycles. The molecule has 1 rings (SSSR count). The van der Waals surface area contributed by atoms with Gasteiger partial charge in [0.2, 0.25) is 0 Å². The van der Waals surface area contributed by atoms with Gasteiger partial charge in [-0.3, -0.25) is 0 Å². The van der Waals surface area contributed by atoms with E-state index in [4.69, 9.17) is 5.73 Å². The van der Waals surface area contributed by atoms with E-state index in [1.54, 1.807) is 0 Å². The minimum Gasteiger partial charge on any atom is -0.327 e. The Morgan fingerprint density at radius 1 is 1.38 bits per heavy atom. The van der Waals surface area contributed by atoms with Crippen LogP contribution in [0.25, 0.3) is 0 Å². The van der Waals surface area contributed by atoms with Crippen LogP contribution in [0.1, 0.15) is 6.92 Å². The highest BCUT2D eigenvalue weighted by Crippen LogP contribution is 2.10. The van der Waals surface area contributed by atoms with Crippen LogP contribution in [0.15, 0.2) is 24.3 Å². The van der Waals surface area contributed by atoms with E-state index in [0.717, 1.165) is 0 Å². The molecule has 0 radical (unpaired) electrons. The lowest BCUT2D eigenvalue weighted by Gasteiger charge is -2.07. The largest absolute Gasteiger partial charge is 0.327 e. The standard InChI is InChI=1S/C7H11N/c1-6(8)7-4-2-3-5-7/h2-7H,8H2,1H3. The number of allylic oxidation sites excluding steroid dienone is 2. The molecule has 8 heavy (non-hydrogen) atoms. The second-order valence-electron chi connectivity index (χ2n) is 2.21. The molecule has 0 bridgehead atoms. The Bertz CT molecular complexity index is 110. The molecule has 0 aromatic rings. The van der Waals surface area contributed by atoms with Gasteiger partial charge in [-0.25, -0.2) is 0 Å². The van der Waals surface area contributed by atoms with Crippen LogP contribution in [0.5, 0.6) is 0 Å². The molecule has 1 aliphatic rings. The number of nitrogens with two attached hydrogens (primary N) is 1. The van der Waals surface area contributed by atoms with Crippen LogP contribution in [0.4, 0.5) is 0 Å². The molecule has 1 heteroatoms. The van der Waals surface area contributed by atoms with E-state index in [-0.39, 0.29) is 6.04 Å². The summed E-state index contributed by atoms with van der Waals surface area (Å²) in [7, 11) is 0. The molecule has 1 unspecified atom stereocenters. The smallest absolute Gasteiger partial charge is 0.0109 e. The third kappa shape index (κ3) is 0.984. The van der Waals surface area contributed by atoms with Gasteiger partial charge in [-0.15, -0.1) is 0 Å². The summed E-state index contributed by atoms with van der Waals surface area (Å²) >= 11 is 0. The Labute approximate surface area is 49.9 Å². The maximum Gasteiger partial charge on any atom is 0.0109 e. The van der Waals surface area contributed by atoms with Crippen molar-refractivity contribution >= 4 is 0 Å². The van der Waals surface area contributed by atoms with E-state index in [1.807, 2.05) is 19.1 Å². The zero-order valence-corrected chi connectivity index (χ0v) is 5.04. The summed E-state index contributed by atoms with van der Waals surface area (Å²) in [6, 6.07) is 0.269. The molecular weight excluding hydrogens is 98.1 g/mol. The second kappa shape index (κ2) is 2.14. The Morgan fingerprint density at radius 3 is 2.12 bits per heavy atom. The van der Waals surface area contributed by atoms with Gasteiger partial charge in [-0.1, -0.05) is 24.3 Å². The summed E-state index contributed by atoms with van der Waals surface area (Å²) in [4.78, 5) is 0. The van der Waals surface area contributed by atoms with Crippen molar-refractivity contribution in [2.75, 3.05) is 0 Å². The van der Waals surface area contributed by atoms with Gasteiger partial charge in [0.05, 0.1) is 0 Å². The first-order chi connectivity index (χ1) is 3.80. The van der Waals surface area contributed by atoms with Gasteiger partial charge >= 0.3 is 0 Å². The first-order valence-electron chi connectivity index (χ1n) is 2.91. The SMILES string of the molecule is CC(N)C1C=CC=C1. The molecular formula is C7H11N. The van der Waals surface area contributed by atoms with Crippen LogP contribution < -0.4 is 5.73 Å². The molecule has 1 nitrogen and oxygen atoms in total. The minimum atomic E-state index is 0.269. The molecule has 0 saturated heterocycles. The van der Waals surface area contributed by atoms with Crippen LogP contribution in [0, 0.1) is 5.92 Å². The molecule has 2 N–H and O–H groups in total. The predicted molar refractivity (Wildman–Crippen MR) is 35.4 cm³/mol. The predicted octanol–water partition coefficient (Wildman–Crippen LogP) is 1.08. The Morgan fingerprint density at radius 2 is 1.88 bits per heavy atom. The number of hydrogen-bond donors (Lipinski definition) is 1. The number of hydrogen-bond acceptors (Lipinski definition) is 1. The molecule has 0 aromatic heterocycles. The number of rotatable bonds is 1. The molecule has 44 valence electrons. The van der Waals surface area contributed by atoms with Gasteiger partial charge in [0.25, 0.3) is 0 Å². The first-order valence-corrected chi connectivity index (χ1v) is 2.91. The molecule has 0 aliphatic heterocycles. The summed E-state index contributed by atoms with van der Waals surface area (Å²) in [5.41, 5.74) is 5.60. The summed E-state index contributed by atoms with van der Waals surface area (Å²) in [5.74, 6) is 0.481. The fraction of sp³-hybridized carbons (Fsp3) is 0.429. The Kier molecular flexibility index (Phi) is 1.49. The zero-order chi connectivity index (χ0) is 5.98. The van der Waals surface area contributed by atoms with E-state index in [2.05, 4.69) is 12.2 Å². The van der Waals surface area contributed by atoms with Crippen molar-refractivity contribution in [3.8, 4) is 0 Å². The molecule has 0 saturated carbocycles. The fourth-order valence-electron chi connectivity index (χ4n) is 0.800. The van der Waals surface area contributed by atoms with Crippen molar-refractivity contribution in [1.29, 1.82) is 0 Å². The summed E-state index contributed by atoms with van der Waals surface area (Å²) in [6.07, 6.45) is 8.30. The fourth-order valence-corrected chi connectivity index (χ4v) is 0.800. The maximum atomic E-state index is 5.60. The van der Waals surface area contributed by atoms with Crippen molar-refractivity contribution in [3.63, 3.8) is 0 Å². The van der Waals surface area contributed by atoms with E-state index in [0.29, 0.717) is 5.92 Å². The quantitative estimate of drug-likeness (QED) is 0.535. The van der Waals surface area contributed by atoms with E-state index in [1.165, 1.54) is 0 Å². The zero-order valence-electron chi connectivity index (χ0n) is 5.04. The molecule has 0 aromatic carbocycles. The lowest BCUT2D eigenvalue weighted by Crippen LogP contribution is -2.22. The van der Waals surface area contributed by atoms with Crippen LogP contribution in [-0.2, 0) is 0 Å². The highest BCUT2D eigenvalue weighted by molar-refractivity contribution is 5.18. The molecule has 0 fully saturated rings. The van der Waals surface area contributed by atoms with Crippen LogP contribution >= 0.6 is 0 Å². The highest BCUT2D eigenvalue weighted by atomic mass is 14.6. The summed E-state index contributed by atoms with van der Waals surface area (Å²) in [5, 5.41) is 0. The molecule has 1 aliphatic carbocycles. The van der Waals surface area contributed by atoms with E-state index in [9.17, 15) is 0 Å². The van der Waals surface area contributed by atoms with Crippen molar-refractivity contribution < 1.29 is 0 Å². The summed E-state index contributed by atoms with van der Waals surface area (Å²) in [6.45, 7) is 2.02. The van der Waals surface area contributed by atoms with Crippen LogP contribution in [0.3, 0.4) is 0 Å². The Balaban J connectivity index is 2.49. The second-order valence-corrected chi connectivity index (χ2v) is 2.21. The monoisotopic (exact) mass is 109 g/mol. The third-order valence-corrected chi connectivity index (χ3v) is 1.38. The third-order valence-electron chi connectivity index (χ3n) is 1.38. The lowest BCUT2D eigenvalue weighted by molar-refractivity contribution is 0.640. The van der Waals surface area contributed by atoms with Crippen LogP contribution in [0.2, 0.25) is 0 Å². The van der Waals surface area contributed by atoms with Crippen molar-refractivity contribution in [3.05, 3.63) is 24.3 Å². The maximum absolute atomic E-state index is 5.60. The average Bonchev–Trinajstić information content (AvgIpc) is 2.12. The van der Waals surface area contributed by atoms with Gasteiger partial charge < -0.3 is 5.73 Å². The van der Waals surface area contributed by atoms with Gasteiger partial charge in [0, 0.05) is 12.0 Å². The molecule has 0 amide bonds. The van der Waals surface area contributed by atoms with Crippen molar-refractivity contribution in [2.24, 2.45) is 11.7 Å². The van der Waals surface area contributed by atoms with Gasteiger partial charge in [-0.2, -0.15) is 0 Å². The van der Waals surface area contributed by atoms with Gasteiger partial charge in [0.1, 0.15) is 0 Å². The first kappa shape index (κ1) is 5.57. The normalized spacial score (nSPS) is 22.2.